The zero-order valence-corrected chi connectivity index (χ0v) is 29.2. The summed E-state index contributed by atoms with van der Waals surface area (Å²) in [5.41, 5.74) is 10.5. The van der Waals surface area contributed by atoms with Crippen LogP contribution in [-0.4, -0.2) is 0 Å². The van der Waals surface area contributed by atoms with Crippen molar-refractivity contribution in [3.8, 4) is 33.4 Å². The van der Waals surface area contributed by atoms with Crippen molar-refractivity contribution >= 4 is 60.2 Å². The van der Waals surface area contributed by atoms with Crippen LogP contribution in [0.3, 0.4) is 0 Å². The van der Waals surface area contributed by atoms with Gasteiger partial charge in [-0.25, -0.2) is 0 Å². The second-order valence-electron chi connectivity index (χ2n) is 13.7. The van der Waals surface area contributed by atoms with Gasteiger partial charge in [-0.05, 0) is 113 Å². The van der Waals surface area contributed by atoms with Gasteiger partial charge in [0.25, 0.3) is 0 Å². The molecule has 53 heavy (non-hydrogen) atoms. The molecule has 10 aromatic carbocycles. The third-order valence-electron chi connectivity index (χ3n) is 10.6. The van der Waals surface area contributed by atoms with Crippen LogP contribution in [0.2, 0.25) is 0 Å². The van der Waals surface area contributed by atoms with Crippen molar-refractivity contribution in [2.24, 2.45) is 0 Å². The van der Waals surface area contributed by atoms with Gasteiger partial charge in [-0.1, -0.05) is 170 Å². The number of nitrogens with zero attached hydrogens (tertiary/aromatic N) is 1. The Labute approximate surface area is 309 Å². The summed E-state index contributed by atoms with van der Waals surface area (Å²) < 4.78 is 0. The van der Waals surface area contributed by atoms with Crippen molar-refractivity contribution in [1.82, 2.24) is 0 Å². The summed E-state index contributed by atoms with van der Waals surface area (Å²) >= 11 is 0. The molecule has 0 N–H and O–H groups in total. The van der Waals surface area contributed by atoms with E-state index in [4.69, 9.17) is 0 Å². The minimum Gasteiger partial charge on any atom is -0.310 e. The Kier molecular flexibility index (Phi) is 7.55. The van der Waals surface area contributed by atoms with Crippen LogP contribution < -0.4 is 4.90 Å². The minimum atomic E-state index is 1.10. The molecule has 0 heterocycles. The molecule has 0 unspecified atom stereocenters. The molecule has 0 amide bonds. The molecule has 0 spiro atoms. The van der Waals surface area contributed by atoms with Gasteiger partial charge < -0.3 is 4.90 Å². The highest BCUT2D eigenvalue weighted by atomic mass is 15.1. The first-order valence-electron chi connectivity index (χ1n) is 18.3. The van der Waals surface area contributed by atoms with Crippen molar-refractivity contribution in [1.29, 1.82) is 0 Å². The SMILES string of the molecule is c1ccc(-c2ccccc2N(c2cccc(-c3ccc4ccc5ccccc5c4c3)c2)c2cccc(-c3cc4ccccc4c4ccccc34)c2)cc1. The molecular weight excluding hydrogens is 639 g/mol. The van der Waals surface area contributed by atoms with E-state index in [0.717, 1.165) is 17.1 Å². The van der Waals surface area contributed by atoms with Crippen LogP contribution in [0.25, 0.3) is 76.5 Å². The molecule has 0 fully saturated rings. The van der Waals surface area contributed by atoms with Crippen LogP contribution in [0.5, 0.6) is 0 Å². The molecule has 0 aliphatic carbocycles. The molecule has 0 saturated heterocycles. The lowest BCUT2D eigenvalue weighted by Gasteiger charge is -2.29. The molecule has 0 aliphatic heterocycles. The van der Waals surface area contributed by atoms with E-state index in [1.165, 1.54) is 76.5 Å². The van der Waals surface area contributed by atoms with Crippen LogP contribution >= 0.6 is 0 Å². The average molecular weight is 674 g/mol. The first kappa shape index (κ1) is 30.8. The molecule has 0 bridgehead atoms. The van der Waals surface area contributed by atoms with E-state index < -0.39 is 0 Å². The summed E-state index contributed by atoms with van der Waals surface area (Å²) in [4.78, 5) is 2.43. The lowest BCUT2D eigenvalue weighted by atomic mass is 9.93. The predicted molar refractivity (Wildman–Crippen MR) is 227 cm³/mol. The van der Waals surface area contributed by atoms with Gasteiger partial charge in [0, 0.05) is 16.9 Å². The third kappa shape index (κ3) is 5.51. The third-order valence-corrected chi connectivity index (χ3v) is 10.6. The fourth-order valence-corrected chi connectivity index (χ4v) is 8.07. The summed E-state index contributed by atoms with van der Waals surface area (Å²) in [7, 11) is 0. The molecule has 1 nitrogen and oxygen atoms in total. The summed E-state index contributed by atoms with van der Waals surface area (Å²) in [6, 6.07) is 77.3. The van der Waals surface area contributed by atoms with Gasteiger partial charge in [-0.3, -0.25) is 0 Å². The highest BCUT2D eigenvalue weighted by Gasteiger charge is 2.19. The predicted octanol–water partition coefficient (Wildman–Crippen LogP) is 14.8. The van der Waals surface area contributed by atoms with E-state index in [0.29, 0.717) is 0 Å². The molecule has 0 aliphatic rings. The lowest BCUT2D eigenvalue weighted by Crippen LogP contribution is -2.11. The van der Waals surface area contributed by atoms with Crippen molar-refractivity contribution in [3.63, 3.8) is 0 Å². The first-order valence-corrected chi connectivity index (χ1v) is 18.3. The number of benzene rings is 10. The van der Waals surface area contributed by atoms with Gasteiger partial charge in [-0.2, -0.15) is 0 Å². The fraction of sp³-hybridized carbons (Fsp3) is 0. The van der Waals surface area contributed by atoms with E-state index in [-0.39, 0.29) is 0 Å². The largest absolute Gasteiger partial charge is 0.310 e. The van der Waals surface area contributed by atoms with Crippen molar-refractivity contribution in [2.45, 2.75) is 0 Å². The van der Waals surface area contributed by atoms with Crippen molar-refractivity contribution in [3.05, 3.63) is 212 Å². The van der Waals surface area contributed by atoms with Gasteiger partial charge in [0.2, 0.25) is 0 Å². The Morgan fingerprint density at radius 2 is 0.774 bits per heavy atom. The van der Waals surface area contributed by atoms with Gasteiger partial charge in [-0.15, -0.1) is 0 Å². The number of hydrogen-bond donors (Lipinski definition) is 0. The maximum Gasteiger partial charge on any atom is 0.0540 e. The molecule has 10 aromatic rings. The van der Waals surface area contributed by atoms with Crippen molar-refractivity contribution in [2.75, 3.05) is 4.90 Å². The standard InChI is InChI=1S/C52H35N/c1-2-14-36(15-3-1)47-24-10-11-27-52(47)53(43-20-12-18-39(32-43)40-31-30-38-29-28-37-16-4-6-22-45(37)50(38)34-40)44-21-13-19-41(33-44)51-35-42-17-5-7-23-46(42)48-25-8-9-26-49(48)51/h1-35H. The van der Waals surface area contributed by atoms with E-state index >= 15 is 0 Å². The van der Waals surface area contributed by atoms with Crippen LogP contribution in [0.1, 0.15) is 0 Å². The van der Waals surface area contributed by atoms with Crippen LogP contribution in [-0.2, 0) is 0 Å². The van der Waals surface area contributed by atoms with E-state index in [2.05, 4.69) is 217 Å². The second-order valence-corrected chi connectivity index (χ2v) is 13.7. The maximum absolute atomic E-state index is 2.43. The highest BCUT2D eigenvalue weighted by Crippen LogP contribution is 2.44. The number of para-hydroxylation sites is 1. The monoisotopic (exact) mass is 673 g/mol. The molecule has 10 rings (SSSR count). The Morgan fingerprint density at radius 1 is 0.245 bits per heavy atom. The number of rotatable bonds is 6. The van der Waals surface area contributed by atoms with Gasteiger partial charge in [0.1, 0.15) is 0 Å². The first-order chi connectivity index (χ1) is 26.3. The molecular formula is C52H35N. The second kappa shape index (κ2) is 13.0. The highest BCUT2D eigenvalue weighted by molar-refractivity contribution is 6.14. The van der Waals surface area contributed by atoms with Crippen LogP contribution in [0, 0.1) is 0 Å². The fourth-order valence-electron chi connectivity index (χ4n) is 8.07. The molecule has 248 valence electrons. The summed E-state index contributed by atoms with van der Waals surface area (Å²) in [5.74, 6) is 0. The number of hydrogen-bond acceptors (Lipinski definition) is 1. The number of fused-ring (bicyclic) bond motifs is 6. The summed E-state index contributed by atoms with van der Waals surface area (Å²) in [5, 5.41) is 10.1. The zero-order chi connectivity index (χ0) is 35.1. The van der Waals surface area contributed by atoms with Crippen LogP contribution in [0.4, 0.5) is 17.1 Å². The Balaban J connectivity index is 1.17. The Morgan fingerprint density at radius 3 is 1.57 bits per heavy atom. The van der Waals surface area contributed by atoms with Gasteiger partial charge >= 0.3 is 0 Å². The van der Waals surface area contributed by atoms with E-state index in [1.54, 1.807) is 0 Å². The molecule has 0 atom stereocenters. The summed E-state index contributed by atoms with van der Waals surface area (Å²) in [6.07, 6.45) is 0. The molecule has 0 aromatic heterocycles. The molecule has 0 radical (unpaired) electrons. The van der Waals surface area contributed by atoms with E-state index in [1.807, 2.05) is 0 Å². The van der Waals surface area contributed by atoms with E-state index in [9.17, 15) is 0 Å². The van der Waals surface area contributed by atoms with Crippen LogP contribution in [0.15, 0.2) is 212 Å². The van der Waals surface area contributed by atoms with Gasteiger partial charge in [0.05, 0.1) is 5.69 Å². The smallest absolute Gasteiger partial charge is 0.0540 e. The normalized spacial score (nSPS) is 11.4. The zero-order valence-electron chi connectivity index (χ0n) is 29.2. The van der Waals surface area contributed by atoms with Crippen molar-refractivity contribution < 1.29 is 0 Å². The average Bonchev–Trinajstić information content (AvgIpc) is 3.24. The lowest BCUT2D eigenvalue weighted by molar-refractivity contribution is 1.28. The Hall–Kier alpha value is -6.96. The summed E-state index contributed by atoms with van der Waals surface area (Å²) in [6.45, 7) is 0. The minimum absolute atomic E-state index is 1.10. The molecule has 1 heteroatoms. The molecule has 0 saturated carbocycles. The maximum atomic E-state index is 2.43. The number of anilines is 3. The van der Waals surface area contributed by atoms with Gasteiger partial charge in [0.15, 0.2) is 0 Å². The topological polar surface area (TPSA) is 3.24 Å². The quantitative estimate of drug-likeness (QED) is 0.159. The Bertz CT molecular complexity index is 2960.